The predicted octanol–water partition coefficient (Wildman–Crippen LogP) is 4.78. The summed E-state index contributed by atoms with van der Waals surface area (Å²) < 4.78 is 5.52. The van der Waals surface area contributed by atoms with E-state index in [0.29, 0.717) is 16.3 Å². The number of ether oxygens (including phenoxy) is 1. The third-order valence-corrected chi connectivity index (χ3v) is 5.31. The summed E-state index contributed by atoms with van der Waals surface area (Å²) in [5.41, 5.74) is 2.41. The quantitative estimate of drug-likeness (QED) is 0.673. The molecule has 1 aliphatic heterocycles. The number of benzene rings is 2. The number of carbonyl (C=O) groups is 2. The summed E-state index contributed by atoms with van der Waals surface area (Å²) in [6.07, 6.45) is 1.72. The van der Waals surface area contributed by atoms with Crippen molar-refractivity contribution < 1.29 is 14.3 Å². The lowest BCUT2D eigenvalue weighted by molar-refractivity contribution is -0.113. The highest BCUT2D eigenvalue weighted by Gasteiger charge is 2.36. The van der Waals surface area contributed by atoms with E-state index in [2.05, 4.69) is 18.7 Å². The zero-order valence-electron chi connectivity index (χ0n) is 15.6. The number of methoxy groups -OCH3 is 1. The van der Waals surface area contributed by atoms with Crippen LogP contribution in [0.5, 0.6) is 5.75 Å². The van der Waals surface area contributed by atoms with Gasteiger partial charge in [0.15, 0.2) is 0 Å². The van der Waals surface area contributed by atoms with Crippen molar-refractivity contribution in [2.45, 2.75) is 13.8 Å². The summed E-state index contributed by atoms with van der Waals surface area (Å²) in [5.74, 6) is 0.358. The lowest BCUT2D eigenvalue weighted by atomic mass is 10.1. The Labute approximate surface area is 163 Å². The fourth-order valence-corrected chi connectivity index (χ4v) is 3.85. The summed E-state index contributed by atoms with van der Waals surface area (Å²) in [4.78, 5) is 28.9. The van der Waals surface area contributed by atoms with E-state index < -0.39 is 0 Å². The molecule has 0 unspecified atom stereocenters. The van der Waals surface area contributed by atoms with Gasteiger partial charge in [-0.05, 0) is 56.0 Å². The topological polar surface area (TPSA) is 49.9 Å². The molecule has 0 bridgehead atoms. The second-order valence-electron chi connectivity index (χ2n) is 5.95. The van der Waals surface area contributed by atoms with Gasteiger partial charge in [-0.15, -0.1) is 0 Å². The summed E-state index contributed by atoms with van der Waals surface area (Å²) in [6, 6.07) is 14.8. The second kappa shape index (κ2) is 8.31. The van der Waals surface area contributed by atoms with Crippen molar-refractivity contribution >= 4 is 40.4 Å². The molecule has 3 rings (SSSR count). The van der Waals surface area contributed by atoms with Crippen LogP contribution in [0.25, 0.3) is 6.08 Å². The van der Waals surface area contributed by atoms with Crippen LogP contribution in [0, 0.1) is 0 Å². The van der Waals surface area contributed by atoms with Crippen molar-refractivity contribution in [1.82, 2.24) is 0 Å². The van der Waals surface area contributed by atoms with Gasteiger partial charge < -0.3 is 9.64 Å². The molecule has 27 heavy (non-hydrogen) atoms. The molecule has 0 aliphatic carbocycles. The second-order valence-corrected chi connectivity index (χ2v) is 6.94. The molecular formula is C21H22N2O3S. The lowest BCUT2D eigenvalue weighted by Gasteiger charge is -2.22. The summed E-state index contributed by atoms with van der Waals surface area (Å²) in [7, 11) is 1.61. The van der Waals surface area contributed by atoms with Gasteiger partial charge in [0.25, 0.3) is 11.1 Å². The maximum Gasteiger partial charge on any atom is 0.298 e. The van der Waals surface area contributed by atoms with Gasteiger partial charge in [-0.3, -0.25) is 9.59 Å². The summed E-state index contributed by atoms with van der Waals surface area (Å²) >= 11 is 0.943. The number of thioether (sulfide) groups is 1. The number of anilines is 2. The number of rotatable bonds is 6. The first-order valence-corrected chi connectivity index (χ1v) is 9.66. The Morgan fingerprint density at radius 3 is 2.41 bits per heavy atom. The minimum absolute atomic E-state index is 0.295. The van der Waals surface area contributed by atoms with Crippen LogP contribution in [0.15, 0.2) is 53.4 Å². The number of para-hydroxylation sites is 1. The number of carbonyl (C=O) groups excluding carboxylic acids is 2. The molecule has 0 radical (unpaired) electrons. The Morgan fingerprint density at radius 1 is 1.07 bits per heavy atom. The number of imide groups is 1. The molecule has 0 saturated carbocycles. The fourth-order valence-electron chi connectivity index (χ4n) is 3.01. The molecule has 1 aliphatic rings. The molecule has 0 spiro atoms. The van der Waals surface area contributed by atoms with Crippen molar-refractivity contribution in [1.29, 1.82) is 0 Å². The molecule has 2 aromatic carbocycles. The van der Waals surface area contributed by atoms with Gasteiger partial charge in [-0.25, -0.2) is 4.90 Å². The average Bonchev–Trinajstić information content (AvgIpc) is 2.97. The molecule has 2 amide bonds. The Balaban J connectivity index is 1.93. The van der Waals surface area contributed by atoms with Crippen LogP contribution in [0.2, 0.25) is 0 Å². The standard InChI is InChI=1S/C21H22N2O3S/c1-4-22(5-2)17-12-11-15(18(14-17)26-3)13-19-20(24)23(21(25)27-19)16-9-7-6-8-10-16/h6-14H,4-5H2,1-3H3/b19-13-. The lowest BCUT2D eigenvalue weighted by Crippen LogP contribution is -2.27. The highest BCUT2D eigenvalue weighted by molar-refractivity contribution is 8.19. The molecule has 0 aromatic heterocycles. The predicted molar refractivity (Wildman–Crippen MR) is 111 cm³/mol. The van der Waals surface area contributed by atoms with E-state index in [9.17, 15) is 9.59 Å². The molecule has 5 nitrogen and oxygen atoms in total. The monoisotopic (exact) mass is 382 g/mol. The van der Waals surface area contributed by atoms with Crippen LogP contribution in [-0.4, -0.2) is 31.3 Å². The Hall–Kier alpha value is -2.73. The zero-order valence-corrected chi connectivity index (χ0v) is 16.5. The van der Waals surface area contributed by atoms with Gasteiger partial charge in [-0.1, -0.05) is 18.2 Å². The Bertz CT molecular complexity index is 876. The van der Waals surface area contributed by atoms with E-state index >= 15 is 0 Å². The molecule has 1 heterocycles. The van der Waals surface area contributed by atoms with Gasteiger partial charge in [0.2, 0.25) is 0 Å². The van der Waals surface area contributed by atoms with Crippen molar-refractivity contribution in [3.63, 3.8) is 0 Å². The van der Waals surface area contributed by atoms with E-state index in [-0.39, 0.29) is 11.1 Å². The van der Waals surface area contributed by atoms with Gasteiger partial charge in [0.1, 0.15) is 5.75 Å². The maximum atomic E-state index is 12.8. The van der Waals surface area contributed by atoms with Crippen LogP contribution in [-0.2, 0) is 4.79 Å². The van der Waals surface area contributed by atoms with E-state index in [4.69, 9.17) is 4.74 Å². The smallest absolute Gasteiger partial charge is 0.298 e. The summed E-state index contributed by atoms with van der Waals surface area (Å²) in [6.45, 7) is 6.00. The minimum Gasteiger partial charge on any atom is -0.496 e. The van der Waals surface area contributed by atoms with Gasteiger partial charge in [0, 0.05) is 30.4 Å². The highest BCUT2D eigenvalue weighted by Crippen LogP contribution is 2.37. The van der Waals surface area contributed by atoms with Crippen LogP contribution < -0.4 is 14.5 Å². The van der Waals surface area contributed by atoms with Gasteiger partial charge in [-0.2, -0.15) is 0 Å². The average molecular weight is 382 g/mol. The van der Waals surface area contributed by atoms with Crippen molar-refractivity contribution in [3.8, 4) is 5.75 Å². The maximum absolute atomic E-state index is 12.8. The number of amides is 2. The first-order valence-electron chi connectivity index (χ1n) is 8.85. The Kier molecular flexibility index (Phi) is 5.86. The largest absolute Gasteiger partial charge is 0.496 e. The highest BCUT2D eigenvalue weighted by atomic mass is 32.2. The number of hydrogen-bond acceptors (Lipinski definition) is 5. The first-order chi connectivity index (χ1) is 13.1. The van der Waals surface area contributed by atoms with E-state index in [1.54, 1.807) is 37.5 Å². The van der Waals surface area contributed by atoms with Crippen molar-refractivity contribution in [2.75, 3.05) is 30.0 Å². The third-order valence-electron chi connectivity index (χ3n) is 4.44. The summed E-state index contributed by atoms with van der Waals surface area (Å²) in [5, 5.41) is -0.295. The SMILES string of the molecule is CCN(CC)c1ccc(/C=C2\SC(=O)N(c3ccccc3)C2=O)c(OC)c1. The van der Waals surface area contributed by atoms with E-state index in [1.165, 1.54) is 4.90 Å². The molecule has 140 valence electrons. The van der Waals surface area contributed by atoms with Gasteiger partial charge in [0.05, 0.1) is 17.7 Å². The molecule has 6 heteroatoms. The van der Waals surface area contributed by atoms with E-state index in [0.717, 1.165) is 36.1 Å². The molecule has 2 aromatic rings. The van der Waals surface area contributed by atoms with Crippen LogP contribution in [0.1, 0.15) is 19.4 Å². The van der Waals surface area contributed by atoms with Crippen molar-refractivity contribution in [2.24, 2.45) is 0 Å². The zero-order chi connectivity index (χ0) is 19.4. The van der Waals surface area contributed by atoms with Crippen LogP contribution >= 0.6 is 11.8 Å². The fraction of sp³-hybridized carbons (Fsp3) is 0.238. The van der Waals surface area contributed by atoms with E-state index in [1.807, 2.05) is 24.3 Å². The van der Waals surface area contributed by atoms with Gasteiger partial charge >= 0.3 is 0 Å². The van der Waals surface area contributed by atoms with Crippen LogP contribution in [0.4, 0.5) is 16.2 Å². The van der Waals surface area contributed by atoms with Crippen LogP contribution in [0.3, 0.4) is 0 Å². The molecule has 1 fully saturated rings. The third kappa shape index (κ3) is 3.85. The minimum atomic E-state index is -0.314. The normalized spacial score (nSPS) is 15.5. The number of nitrogens with zero attached hydrogens (tertiary/aromatic N) is 2. The first kappa shape index (κ1) is 19.0. The molecule has 1 saturated heterocycles. The molecule has 0 atom stereocenters. The van der Waals surface area contributed by atoms with Crippen molar-refractivity contribution in [3.05, 3.63) is 59.0 Å². The molecule has 0 N–H and O–H groups in total. The molecular weight excluding hydrogens is 360 g/mol. The Morgan fingerprint density at radius 2 is 1.78 bits per heavy atom. The number of hydrogen-bond donors (Lipinski definition) is 0.